The van der Waals surface area contributed by atoms with Crippen LogP contribution in [-0.2, 0) is 0 Å². The highest BCUT2D eigenvalue weighted by molar-refractivity contribution is 5.90. The number of nitrogens with one attached hydrogen (secondary N) is 2. The average molecular weight is 294 g/mol. The van der Waals surface area contributed by atoms with E-state index in [2.05, 4.69) is 10.6 Å². The first kappa shape index (κ1) is 17.3. The minimum Gasteiger partial charge on any atom is -0.491 e. The monoisotopic (exact) mass is 294 g/mol. The lowest BCUT2D eigenvalue weighted by Crippen LogP contribution is -2.43. The van der Waals surface area contributed by atoms with E-state index in [1.165, 1.54) is 0 Å². The number of ether oxygens (including phenoxy) is 1. The summed E-state index contributed by atoms with van der Waals surface area (Å²) in [7, 11) is 0. The van der Waals surface area contributed by atoms with E-state index in [-0.39, 0.29) is 12.6 Å². The molecule has 21 heavy (non-hydrogen) atoms. The number of amides is 2. The molecule has 0 radical (unpaired) electrons. The predicted octanol–water partition coefficient (Wildman–Crippen LogP) is 3.15. The van der Waals surface area contributed by atoms with Gasteiger partial charge in [-0.25, -0.2) is 4.79 Å². The van der Waals surface area contributed by atoms with E-state index >= 15 is 0 Å². The molecule has 1 rings (SSSR count). The van der Waals surface area contributed by atoms with E-state index in [9.17, 15) is 9.90 Å². The summed E-state index contributed by atoms with van der Waals surface area (Å²) in [6.45, 7) is 6.66. The summed E-state index contributed by atoms with van der Waals surface area (Å²) in [6, 6.07) is 6.96. The Kier molecular flexibility index (Phi) is 7.02. The molecule has 0 aliphatic heterocycles. The third-order valence-electron chi connectivity index (χ3n) is 3.49. The molecule has 0 saturated heterocycles. The molecule has 0 aromatic heterocycles. The van der Waals surface area contributed by atoms with Crippen LogP contribution in [0.5, 0.6) is 5.75 Å². The molecule has 5 nitrogen and oxygen atoms in total. The van der Waals surface area contributed by atoms with Gasteiger partial charge in [-0.3, -0.25) is 0 Å². The van der Waals surface area contributed by atoms with Crippen LogP contribution in [0, 0.1) is 0 Å². The summed E-state index contributed by atoms with van der Waals surface area (Å²) in [6.07, 6.45) is 2.10. The molecule has 0 atom stereocenters. The quantitative estimate of drug-likeness (QED) is 0.689. The highest BCUT2D eigenvalue weighted by Crippen LogP contribution is 2.23. The maximum Gasteiger partial charge on any atom is 0.319 e. The number of benzene rings is 1. The summed E-state index contributed by atoms with van der Waals surface area (Å²) >= 11 is 0. The number of carbonyl (C=O) groups excluding carboxylic acids is 1. The van der Waals surface area contributed by atoms with Crippen LogP contribution >= 0.6 is 0 Å². The van der Waals surface area contributed by atoms with Gasteiger partial charge >= 0.3 is 6.03 Å². The van der Waals surface area contributed by atoms with Crippen molar-refractivity contribution in [1.29, 1.82) is 0 Å². The topological polar surface area (TPSA) is 70.6 Å². The number of anilines is 1. The molecule has 0 heterocycles. The fourth-order valence-electron chi connectivity index (χ4n) is 1.82. The van der Waals surface area contributed by atoms with Gasteiger partial charge in [-0.1, -0.05) is 32.9 Å². The van der Waals surface area contributed by atoms with Gasteiger partial charge in [-0.2, -0.15) is 0 Å². The number of para-hydroxylation sites is 2. The number of carbonyl (C=O) groups is 1. The molecule has 0 aliphatic carbocycles. The number of hydrogen-bond donors (Lipinski definition) is 3. The number of aliphatic hydroxyl groups is 1. The molecule has 2 amide bonds. The summed E-state index contributed by atoms with van der Waals surface area (Å²) < 4.78 is 5.58. The lowest BCUT2D eigenvalue weighted by Gasteiger charge is -2.25. The van der Waals surface area contributed by atoms with E-state index in [0.717, 1.165) is 6.42 Å². The van der Waals surface area contributed by atoms with Gasteiger partial charge in [0.25, 0.3) is 0 Å². The fraction of sp³-hybridized carbons (Fsp3) is 0.562. The Labute approximate surface area is 126 Å². The first-order valence-electron chi connectivity index (χ1n) is 7.53. The molecule has 0 unspecified atom stereocenters. The Hall–Kier alpha value is -1.75. The summed E-state index contributed by atoms with van der Waals surface area (Å²) in [5.74, 6) is 0.649. The average Bonchev–Trinajstić information content (AvgIpc) is 2.52. The molecule has 0 aliphatic rings. The van der Waals surface area contributed by atoms with Crippen molar-refractivity contribution in [2.24, 2.45) is 0 Å². The highest BCUT2D eigenvalue weighted by atomic mass is 16.5. The van der Waals surface area contributed by atoms with E-state index in [0.29, 0.717) is 30.9 Å². The Morgan fingerprint density at radius 2 is 1.90 bits per heavy atom. The molecular formula is C16H26N2O3. The van der Waals surface area contributed by atoms with Gasteiger partial charge in [0.1, 0.15) is 5.75 Å². The zero-order chi connectivity index (χ0) is 15.7. The second-order valence-corrected chi connectivity index (χ2v) is 5.08. The van der Waals surface area contributed by atoms with Gasteiger partial charge in [-0.05, 0) is 31.4 Å². The standard InChI is InChI=1S/C16H26N2O3/c1-4-11-21-14-10-8-7-9-13(14)18-15(19)17-12-16(20,5-2)6-3/h7-10,20H,4-6,11-12H2,1-3H3,(H2,17,18,19). The molecular weight excluding hydrogens is 268 g/mol. The van der Waals surface area contributed by atoms with Gasteiger partial charge < -0.3 is 20.5 Å². The Morgan fingerprint density at radius 1 is 1.24 bits per heavy atom. The van der Waals surface area contributed by atoms with Gasteiger partial charge in [0.05, 0.1) is 17.9 Å². The first-order valence-corrected chi connectivity index (χ1v) is 7.53. The number of rotatable bonds is 8. The zero-order valence-electron chi connectivity index (χ0n) is 13.1. The molecule has 5 heteroatoms. The molecule has 1 aromatic carbocycles. The fourth-order valence-corrected chi connectivity index (χ4v) is 1.82. The molecule has 0 bridgehead atoms. The molecule has 1 aromatic rings. The van der Waals surface area contributed by atoms with E-state index in [1.807, 2.05) is 39.0 Å². The Balaban J connectivity index is 2.58. The van der Waals surface area contributed by atoms with Crippen LogP contribution in [0.4, 0.5) is 10.5 Å². The molecule has 118 valence electrons. The van der Waals surface area contributed by atoms with Crippen LogP contribution in [0.15, 0.2) is 24.3 Å². The van der Waals surface area contributed by atoms with Gasteiger partial charge in [0, 0.05) is 6.54 Å². The zero-order valence-corrected chi connectivity index (χ0v) is 13.1. The van der Waals surface area contributed by atoms with E-state index < -0.39 is 5.60 Å². The maximum absolute atomic E-state index is 11.9. The third kappa shape index (κ3) is 5.63. The van der Waals surface area contributed by atoms with E-state index in [4.69, 9.17) is 4.74 Å². The second kappa shape index (κ2) is 8.52. The van der Waals surface area contributed by atoms with Gasteiger partial charge in [0.15, 0.2) is 0 Å². The van der Waals surface area contributed by atoms with Crippen molar-refractivity contribution >= 4 is 11.7 Å². The van der Waals surface area contributed by atoms with Crippen LogP contribution in [0.2, 0.25) is 0 Å². The normalized spacial score (nSPS) is 11.0. The van der Waals surface area contributed by atoms with Gasteiger partial charge in [-0.15, -0.1) is 0 Å². The Morgan fingerprint density at radius 3 is 2.52 bits per heavy atom. The van der Waals surface area contributed by atoms with Crippen molar-refractivity contribution < 1.29 is 14.6 Å². The molecule has 3 N–H and O–H groups in total. The second-order valence-electron chi connectivity index (χ2n) is 5.08. The van der Waals surface area contributed by atoms with Crippen LogP contribution in [0.25, 0.3) is 0 Å². The maximum atomic E-state index is 11.9. The van der Waals surface area contributed by atoms with Crippen LogP contribution in [0.3, 0.4) is 0 Å². The van der Waals surface area contributed by atoms with Crippen molar-refractivity contribution in [2.75, 3.05) is 18.5 Å². The summed E-state index contributed by atoms with van der Waals surface area (Å²) in [5, 5.41) is 15.6. The predicted molar refractivity (Wildman–Crippen MR) is 84.8 cm³/mol. The largest absolute Gasteiger partial charge is 0.491 e. The van der Waals surface area contributed by atoms with Crippen molar-refractivity contribution in [3.05, 3.63) is 24.3 Å². The minimum absolute atomic E-state index is 0.226. The van der Waals surface area contributed by atoms with Crippen LogP contribution in [0.1, 0.15) is 40.0 Å². The number of hydrogen-bond acceptors (Lipinski definition) is 3. The third-order valence-corrected chi connectivity index (χ3v) is 3.49. The lowest BCUT2D eigenvalue weighted by atomic mass is 9.98. The summed E-state index contributed by atoms with van der Waals surface area (Å²) in [4.78, 5) is 11.9. The van der Waals surface area contributed by atoms with Crippen molar-refractivity contribution in [3.8, 4) is 5.75 Å². The molecule has 0 fully saturated rings. The Bertz CT molecular complexity index is 445. The summed E-state index contributed by atoms with van der Waals surface area (Å²) in [5.41, 5.74) is -0.227. The van der Waals surface area contributed by atoms with Crippen LogP contribution < -0.4 is 15.4 Å². The van der Waals surface area contributed by atoms with Crippen molar-refractivity contribution in [3.63, 3.8) is 0 Å². The van der Waals surface area contributed by atoms with Crippen molar-refractivity contribution in [2.45, 2.75) is 45.6 Å². The molecule has 0 saturated carbocycles. The highest BCUT2D eigenvalue weighted by Gasteiger charge is 2.22. The molecule has 0 spiro atoms. The van der Waals surface area contributed by atoms with Crippen LogP contribution in [-0.4, -0.2) is 29.9 Å². The number of urea groups is 1. The minimum atomic E-state index is -0.852. The first-order chi connectivity index (χ1) is 10.0. The van der Waals surface area contributed by atoms with E-state index in [1.54, 1.807) is 6.07 Å². The van der Waals surface area contributed by atoms with Crippen molar-refractivity contribution in [1.82, 2.24) is 5.32 Å². The van der Waals surface area contributed by atoms with Gasteiger partial charge in [0.2, 0.25) is 0 Å². The smallest absolute Gasteiger partial charge is 0.319 e. The SMILES string of the molecule is CCCOc1ccccc1NC(=O)NCC(O)(CC)CC. The lowest BCUT2D eigenvalue weighted by molar-refractivity contribution is 0.0354.